The molecular weight excluding hydrogens is 194 g/mol. The first kappa shape index (κ1) is 11.4. The molecule has 0 spiro atoms. The number of rotatable bonds is 4. The van der Waals surface area contributed by atoms with Crippen LogP contribution in [0.3, 0.4) is 0 Å². The summed E-state index contributed by atoms with van der Waals surface area (Å²) in [5, 5.41) is 0. The van der Waals surface area contributed by atoms with Gasteiger partial charge in [0.05, 0.1) is 12.0 Å². The van der Waals surface area contributed by atoms with Crippen LogP contribution >= 0.6 is 11.8 Å². The van der Waals surface area contributed by atoms with Crippen molar-refractivity contribution in [1.29, 1.82) is 0 Å². The van der Waals surface area contributed by atoms with E-state index in [4.69, 9.17) is 10.5 Å². The van der Waals surface area contributed by atoms with Gasteiger partial charge in [0.25, 0.3) is 0 Å². The Kier molecular flexibility index (Phi) is 4.29. The summed E-state index contributed by atoms with van der Waals surface area (Å²) in [6.07, 6.45) is 2.06. The van der Waals surface area contributed by atoms with Crippen molar-refractivity contribution < 1.29 is 4.74 Å². The first-order valence-corrected chi connectivity index (χ1v) is 5.88. The van der Waals surface area contributed by atoms with Crippen LogP contribution in [0.25, 0.3) is 0 Å². The molecule has 0 bridgehead atoms. The number of benzene rings is 1. The Balaban J connectivity index is 3.14. The Morgan fingerprint density at radius 1 is 1.50 bits per heavy atom. The Hall–Kier alpha value is -0.670. The van der Waals surface area contributed by atoms with Crippen molar-refractivity contribution in [2.24, 2.45) is 5.73 Å². The Morgan fingerprint density at radius 2 is 2.21 bits per heavy atom. The molecule has 1 aromatic rings. The molecule has 1 rings (SSSR count). The maximum atomic E-state index is 5.67. The molecular formula is C11H17NOS. The number of thioether (sulfide) groups is 1. The third kappa shape index (κ3) is 2.22. The lowest BCUT2D eigenvalue weighted by molar-refractivity contribution is 0.403. The number of ether oxygens (including phenoxy) is 1. The molecule has 1 atom stereocenters. The fourth-order valence-electron chi connectivity index (χ4n) is 1.43. The maximum Gasteiger partial charge on any atom is 0.132 e. The highest BCUT2D eigenvalue weighted by Gasteiger charge is 2.12. The maximum absolute atomic E-state index is 5.67. The highest BCUT2D eigenvalue weighted by atomic mass is 32.2. The second-order valence-corrected chi connectivity index (χ2v) is 4.04. The molecule has 14 heavy (non-hydrogen) atoms. The summed E-state index contributed by atoms with van der Waals surface area (Å²) in [5.74, 6) is 1.32. The summed E-state index contributed by atoms with van der Waals surface area (Å²) >= 11 is 1.71. The molecule has 3 heteroatoms. The molecule has 2 nitrogen and oxygen atoms in total. The lowest BCUT2D eigenvalue weighted by Crippen LogP contribution is -2.10. The van der Waals surface area contributed by atoms with Crippen LogP contribution in [0.2, 0.25) is 0 Å². The van der Waals surface area contributed by atoms with E-state index in [1.165, 1.54) is 10.5 Å². The molecule has 1 aromatic carbocycles. The molecule has 0 aromatic heterocycles. The van der Waals surface area contributed by atoms with E-state index in [1.807, 2.05) is 12.1 Å². The smallest absolute Gasteiger partial charge is 0.132 e. The zero-order valence-electron chi connectivity index (χ0n) is 8.91. The molecule has 78 valence electrons. The average molecular weight is 211 g/mol. The van der Waals surface area contributed by atoms with Crippen LogP contribution in [0.15, 0.2) is 23.1 Å². The molecule has 0 saturated heterocycles. The van der Waals surface area contributed by atoms with Crippen LogP contribution in [-0.4, -0.2) is 19.9 Å². The number of hydrogen-bond donors (Lipinski definition) is 1. The van der Waals surface area contributed by atoms with E-state index in [-0.39, 0.29) is 0 Å². The van der Waals surface area contributed by atoms with Crippen molar-refractivity contribution in [3.05, 3.63) is 23.8 Å². The van der Waals surface area contributed by atoms with Gasteiger partial charge in [0.1, 0.15) is 5.75 Å². The summed E-state index contributed by atoms with van der Waals surface area (Å²) < 4.78 is 5.31. The van der Waals surface area contributed by atoms with Crippen LogP contribution in [0, 0.1) is 0 Å². The quantitative estimate of drug-likeness (QED) is 0.777. The van der Waals surface area contributed by atoms with E-state index in [0.29, 0.717) is 12.5 Å². The van der Waals surface area contributed by atoms with E-state index < -0.39 is 0 Å². The van der Waals surface area contributed by atoms with Crippen LogP contribution in [0.1, 0.15) is 18.4 Å². The Labute approximate surface area is 89.8 Å². The van der Waals surface area contributed by atoms with Crippen LogP contribution in [-0.2, 0) is 0 Å². The third-order valence-corrected chi connectivity index (χ3v) is 3.16. The highest BCUT2D eigenvalue weighted by Crippen LogP contribution is 2.34. The van der Waals surface area contributed by atoms with Gasteiger partial charge in [-0.2, -0.15) is 0 Å². The Bertz CT molecular complexity index is 301. The van der Waals surface area contributed by atoms with Crippen LogP contribution in [0.4, 0.5) is 0 Å². The van der Waals surface area contributed by atoms with Gasteiger partial charge >= 0.3 is 0 Å². The second kappa shape index (κ2) is 5.27. The minimum atomic E-state index is 0.382. The summed E-state index contributed by atoms with van der Waals surface area (Å²) in [6, 6.07) is 6.12. The van der Waals surface area contributed by atoms with Crippen molar-refractivity contribution in [1.82, 2.24) is 0 Å². The summed E-state index contributed by atoms with van der Waals surface area (Å²) in [4.78, 5) is 1.20. The summed E-state index contributed by atoms with van der Waals surface area (Å²) in [5.41, 5.74) is 6.95. The van der Waals surface area contributed by atoms with Gasteiger partial charge in [-0.25, -0.2) is 0 Å². The van der Waals surface area contributed by atoms with E-state index in [0.717, 1.165) is 5.75 Å². The molecule has 0 aliphatic rings. The van der Waals surface area contributed by atoms with Gasteiger partial charge < -0.3 is 10.5 Å². The third-order valence-electron chi connectivity index (χ3n) is 2.32. The lowest BCUT2D eigenvalue weighted by Gasteiger charge is -2.15. The van der Waals surface area contributed by atoms with Crippen LogP contribution in [0.5, 0.6) is 5.75 Å². The second-order valence-electron chi connectivity index (χ2n) is 3.22. The normalized spacial score (nSPS) is 12.6. The molecule has 1 unspecified atom stereocenters. The van der Waals surface area contributed by atoms with Gasteiger partial charge in [-0.3, -0.25) is 0 Å². The summed E-state index contributed by atoms with van der Waals surface area (Å²) in [7, 11) is 1.70. The molecule has 0 radical (unpaired) electrons. The molecule has 0 aliphatic heterocycles. The fourth-order valence-corrected chi connectivity index (χ4v) is 2.28. The number of nitrogens with two attached hydrogens (primary N) is 1. The first-order valence-electron chi connectivity index (χ1n) is 4.65. The van der Waals surface area contributed by atoms with E-state index >= 15 is 0 Å². The fraction of sp³-hybridized carbons (Fsp3) is 0.455. The topological polar surface area (TPSA) is 35.2 Å². The average Bonchev–Trinajstić information content (AvgIpc) is 2.26. The minimum absolute atomic E-state index is 0.382. The molecule has 2 N–H and O–H groups in total. The zero-order valence-corrected chi connectivity index (χ0v) is 9.73. The molecule has 0 aliphatic carbocycles. The molecule has 0 amide bonds. The first-order chi connectivity index (χ1) is 6.74. The van der Waals surface area contributed by atoms with E-state index in [2.05, 4.69) is 19.2 Å². The van der Waals surface area contributed by atoms with Gasteiger partial charge in [-0.05, 0) is 30.3 Å². The van der Waals surface area contributed by atoms with Gasteiger partial charge in [0.15, 0.2) is 0 Å². The molecule has 0 fully saturated rings. The van der Waals surface area contributed by atoms with Crippen molar-refractivity contribution in [3.63, 3.8) is 0 Å². The number of hydrogen-bond acceptors (Lipinski definition) is 3. The van der Waals surface area contributed by atoms with E-state index in [1.54, 1.807) is 18.9 Å². The molecule has 0 saturated carbocycles. The van der Waals surface area contributed by atoms with Crippen molar-refractivity contribution in [3.8, 4) is 5.75 Å². The highest BCUT2D eigenvalue weighted by molar-refractivity contribution is 7.98. The SMILES string of the molecule is COc1cccc(C(C)CN)c1SC. The summed E-state index contributed by atoms with van der Waals surface area (Å²) in [6.45, 7) is 2.80. The lowest BCUT2D eigenvalue weighted by atomic mass is 10.0. The Morgan fingerprint density at radius 3 is 2.71 bits per heavy atom. The molecule has 0 heterocycles. The van der Waals surface area contributed by atoms with Crippen molar-refractivity contribution >= 4 is 11.8 Å². The minimum Gasteiger partial charge on any atom is -0.496 e. The van der Waals surface area contributed by atoms with Crippen molar-refractivity contribution in [2.75, 3.05) is 19.9 Å². The zero-order chi connectivity index (χ0) is 10.6. The largest absolute Gasteiger partial charge is 0.496 e. The van der Waals surface area contributed by atoms with Crippen LogP contribution < -0.4 is 10.5 Å². The van der Waals surface area contributed by atoms with Gasteiger partial charge in [-0.1, -0.05) is 19.1 Å². The van der Waals surface area contributed by atoms with E-state index in [9.17, 15) is 0 Å². The van der Waals surface area contributed by atoms with Gasteiger partial charge in [-0.15, -0.1) is 11.8 Å². The predicted molar refractivity (Wildman–Crippen MR) is 62.2 cm³/mol. The standard InChI is InChI=1S/C11H17NOS/c1-8(7-12)9-5-4-6-10(13-2)11(9)14-3/h4-6,8H,7,12H2,1-3H3. The predicted octanol–water partition coefficient (Wildman–Crippen LogP) is 2.48. The van der Waals surface area contributed by atoms with Gasteiger partial charge in [0, 0.05) is 0 Å². The van der Waals surface area contributed by atoms with Crippen molar-refractivity contribution in [2.45, 2.75) is 17.7 Å². The van der Waals surface area contributed by atoms with Gasteiger partial charge in [0.2, 0.25) is 0 Å². The monoisotopic (exact) mass is 211 g/mol. The number of methoxy groups -OCH3 is 1.